The minimum absolute atomic E-state index is 0.140. The van der Waals surface area contributed by atoms with Gasteiger partial charge in [0.1, 0.15) is 17.2 Å². The van der Waals surface area contributed by atoms with Gasteiger partial charge in [-0.05, 0) is 37.8 Å². The quantitative estimate of drug-likeness (QED) is 0.481. The molecule has 1 unspecified atom stereocenters. The number of carbonyl (C=O) groups is 1. The second-order valence-electron chi connectivity index (χ2n) is 8.46. The summed E-state index contributed by atoms with van der Waals surface area (Å²) in [6.07, 6.45) is 6.93. The van der Waals surface area contributed by atoms with Crippen LogP contribution in [0.1, 0.15) is 66.3 Å². The molecule has 1 aromatic carbocycles. The molecule has 7 heteroatoms. The maximum absolute atomic E-state index is 13.4. The van der Waals surface area contributed by atoms with Crippen LogP contribution in [-0.4, -0.2) is 30.4 Å². The number of amides is 1. The van der Waals surface area contributed by atoms with E-state index >= 15 is 0 Å². The molecule has 3 aromatic heterocycles. The Morgan fingerprint density at radius 2 is 2.03 bits per heavy atom. The van der Waals surface area contributed by atoms with Crippen LogP contribution >= 0.6 is 0 Å². The van der Waals surface area contributed by atoms with Crippen molar-refractivity contribution in [3.8, 4) is 11.3 Å². The number of nitrogens with one attached hydrogen (secondary N) is 2. The van der Waals surface area contributed by atoms with Gasteiger partial charge in [-0.2, -0.15) is 0 Å². The third-order valence-electron chi connectivity index (χ3n) is 6.16. The Labute approximate surface area is 187 Å². The van der Waals surface area contributed by atoms with Crippen LogP contribution in [0.3, 0.4) is 0 Å². The molecule has 0 aliphatic carbocycles. The van der Waals surface area contributed by atoms with E-state index in [4.69, 9.17) is 9.97 Å². The van der Waals surface area contributed by atoms with Crippen molar-refractivity contribution in [2.45, 2.75) is 58.5 Å². The smallest absolute Gasteiger partial charge is 0.254 e. The molecule has 4 heterocycles. The number of rotatable bonds is 5. The molecule has 0 spiro atoms. The summed E-state index contributed by atoms with van der Waals surface area (Å²) >= 11 is 0. The standard InChI is InChI=1S/C25H28N6O/c1-3-19(23-26-15-20(28-23)17-10-6-4-7-11-17)29-25(32)18-14-16(2)27-24-22(18)30-21-12-8-5-9-13-31(21)24/h4,6-7,10-11,14-15,19H,3,5,8-9,12-13H2,1-2H3,(H,26,28)(H,29,32). The van der Waals surface area contributed by atoms with Gasteiger partial charge in [0.05, 0.1) is 23.5 Å². The van der Waals surface area contributed by atoms with E-state index in [9.17, 15) is 4.79 Å². The molecule has 0 saturated carbocycles. The van der Waals surface area contributed by atoms with Gasteiger partial charge < -0.3 is 14.9 Å². The molecule has 0 bridgehead atoms. The number of aromatic nitrogens is 5. The van der Waals surface area contributed by atoms with E-state index in [1.807, 2.05) is 56.4 Å². The van der Waals surface area contributed by atoms with E-state index in [1.165, 1.54) is 6.42 Å². The Morgan fingerprint density at radius 1 is 1.19 bits per heavy atom. The Kier molecular flexibility index (Phi) is 5.47. The summed E-state index contributed by atoms with van der Waals surface area (Å²) in [7, 11) is 0. The number of fused-ring (bicyclic) bond motifs is 3. The summed E-state index contributed by atoms with van der Waals surface area (Å²) in [4.78, 5) is 30.9. The number of aromatic amines is 1. The summed E-state index contributed by atoms with van der Waals surface area (Å²) in [5.74, 6) is 1.65. The first-order valence-corrected chi connectivity index (χ1v) is 11.4. The molecule has 4 aromatic rings. The van der Waals surface area contributed by atoms with E-state index in [0.29, 0.717) is 11.1 Å². The SMILES string of the molecule is CCC(NC(=O)c1cc(C)nc2c1nc1n2CCCCC1)c1ncc(-c2ccccc2)[nH]1. The van der Waals surface area contributed by atoms with Gasteiger partial charge in [-0.3, -0.25) is 4.79 Å². The highest BCUT2D eigenvalue weighted by molar-refractivity contribution is 6.04. The largest absolute Gasteiger partial charge is 0.342 e. The van der Waals surface area contributed by atoms with E-state index in [1.54, 1.807) is 0 Å². The Balaban J connectivity index is 1.45. The van der Waals surface area contributed by atoms with Crippen LogP contribution in [0, 0.1) is 6.92 Å². The molecule has 32 heavy (non-hydrogen) atoms. The van der Waals surface area contributed by atoms with Crippen molar-refractivity contribution < 1.29 is 4.79 Å². The maximum Gasteiger partial charge on any atom is 0.254 e. The molecule has 1 aliphatic heterocycles. The molecule has 7 nitrogen and oxygen atoms in total. The summed E-state index contributed by atoms with van der Waals surface area (Å²) in [6.45, 7) is 4.89. The Bertz CT molecular complexity index is 1260. The van der Waals surface area contributed by atoms with Crippen molar-refractivity contribution in [3.05, 3.63) is 65.5 Å². The number of nitrogens with zero attached hydrogens (tertiary/aromatic N) is 4. The summed E-state index contributed by atoms with van der Waals surface area (Å²) < 4.78 is 2.20. The lowest BCUT2D eigenvalue weighted by atomic mass is 10.1. The van der Waals surface area contributed by atoms with E-state index < -0.39 is 0 Å². The Hall–Kier alpha value is -3.48. The number of hydrogen-bond donors (Lipinski definition) is 2. The lowest BCUT2D eigenvalue weighted by molar-refractivity contribution is 0.0935. The second kappa shape index (κ2) is 8.57. The fourth-order valence-corrected chi connectivity index (χ4v) is 4.47. The highest BCUT2D eigenvalue weighted by atomic mass is 16.1. The van der Waals surface area contributed by atoms with Crippen LogP contribution in [-0.2, 0) is 13.0 Å². The van der Waals surface area contributed by atoms with Crippen molar-refractivity contribution in [1.82, 2.24) is 29.8 Å². The first kappa shape index (κ1) is 20.4. The highest BCUT2D eigenvalue weighted by Crippen LogP contribution is 2.25. The number of pyridine rings is 1. The van der Waals surface area contributed by atoms with Gasteiger partial charge >= 0.3 is 0 Å². The van der Waals surface area contributed by atoms with Crippen molar-refractivity contribution in [3.63, 3.8) is 0 Å². The molecule has 1 amide bonds. The van der Waals surface area contributed by atoms with Crippen molar-refractivity contribution in [1.29, 1.82) is 0 Å². The van der Waals surface area contributed by atoms with Gasteiger partial charge in [-0.1, -0.05) is 43.7 Å². The molecule has 0 radical (unpaired) electrons. The first-order valence-electron chi connectivity index (χ1n) is 11.4. The molecule has 164 valence electrons. The number of hydrogen-bond acceptors (Lipinski definition) is 4. The monoisotopic (exact) mass is 428 g/mol. The lowest BCUT2D eigenvalue weighted by Crippen LogP contribution is -2.29. The topological polar surface area (TPSA) is 88.5 Å². The predicted molar refractivity (Wildman–Crippen MR) is 124 cm³/mol. The van der Waals surface area contributed by atoms with Crippen LogP contribution in [0.5, 0.6) is 0 Å². The molecule has 1 aliphatic rings. The molecule has 2 N–H and O–H groups in total. The minimum Gasteiger partial charge on any atom is -0.342 e. The number of aryl methyl sites for hydroxylation is 3. The lowest BCUT2D eigenvalue weighted by Gasteiger charge is -2.15. The van der Waals surface area contributed by atoms with Crippen LogP contribution in [0.25, 0.3) is 22.4 Å². The minimum atomic E-state index is -0.219. The van der Waals surface area contributed by atoms with Gasteiger partial charge in [0, 0.05) is 18.7 Å². The zero-order valence-electron chi connectivity index (χ0n) is 18.6. The van der Waals surface area contributed by atoms with Crippen LogP contribution in [0.2, 0.25) is 0 Å². The van der Waals surface area contributed by atoms with Crippen LogP contribution in [0.15, 0.2) is 42.6 Å². The molecule has 0 fully saturated rings. The average Bonchev–Trinajstić information content (AvgIpc) is 3.36. The third-order valence-corrected chi connectivity index (χ3v) is 6.16. The number of imidazole rings is 2. The zero-order chi connectivity index (χ0) is 22.1. The average molecular weight is 429 g/mol. The highest BCUT2D eigenvalue weighted by Gasteiger charge is 2.23. The van der Waals surface area contributed by atoms with Crippen molar-refractivity contribution >= 4 is 17.1 Å². The number of H-pyrrole nitrogens is 1. The van der Waals surface area contributed by atoms with Crippen molar-refractivity contribution in [2.24, 2.45) is 0 Å². The molecule has 1 atom stereocenters. The van der Waals surface area contributed by atoms with Gasteiger partial charge in [-0.15, -0.1) is 0 Å². The van der Waals surface area contributed by atoms with E-state index in [0.717, 1.165) is 66.5 Å². The normalized spacial score (nSPS) is 14.7. The third kappa shape index (κ3) is 3.79. The van der Waals surface area contributed by atoms with Gasteiger partial charge in [0.25, 0.3) is 5.91 Å². The van der Waals surface area contributed by atoms with Crippen LogP contribution < -0.4 is 5.32 Å². The zero-order valence-corrected chi connectivity index (χ0v) is 18.6. The maximum atomic E-state index is 13.4. The first-order chi connectivity index (χ1) is 15.6. The van der Waals surface area contributed by atoms with E-state index in [2.05, 4.69) is 19.9 Å². The van der Waals surface area contributed by atoms with Gasteiger partial charge in [0.15, 0.2) is 5.65 Å². The molecule has 0 saturated heterocycles. The number of carbonyl (C=O) groups excluding carboxylic acids is 1. The molecular weight excluding hydrogens is 400 g/mol. The van der Waals surface area contributed by atoms with Gasteiger partial charge in [-0.25, -0.2) is 15.0 Å². The van der Waals surface area contributed by atoms with Crippen molar-refractivity contribution in [2.75, 3.05) is 0 Å². The summed E-state index contributed by atoms with van der Waals surface area (Å²) in [5, 5.41) is 3.17. The summed E-state index contributed by atoms with van der Waals surface area (Å²) in [6, 6.07) is 11.7. The fourth-order valence-electron chi connectivity index (χ4n) is 4.47. The molecule has 5 rings (SSSR count). The predicted octanol–water partition coefficient (Wildman–Crippen LogP) is 4.74. The van der Waals surface area contributed by atoms with Gasteiger partial charge in [0.2, 0.25) is 0 Å². The van der Waals surface area contributed by atoms with Crippen LogP contribution in [0.4, 0.5) is 0 Å². The number of benzene rings is 1. The second-order valence-corrected chi connectivity index (χ2v) is 8.46. The fraction of sp³-hybridized carbons (Fsp3) is 0.360. The molecular formula is C25H28N6O. The van der Waals surface area contributed by atoms with E-state index in [-0.39, 0.29) is 11.9 Å². The summed E-state index contributed by atoms with van der Waals surface area (Å²) in [5.41, 5.74) is 4.94. The Morgan fingerprint density at radius 3 is 2.84 bits per heavy atom.